The lowest BCUT2D eigenvalue weighted by Crippen LogP contribution is -2.28. The third-order valence-electron chi connectivity index (χ3n) is 1.74. The number of hydrogen-bond acceptors (Lipinski definition) is 4. The molecule has 1 fully saturated rings. The second kappa shape index (κ2) is 5.11. The Morgan fingerprint density at radius 3 is 3.17 bits per heavy atom. The summed E-state index contributed by atoms with van der Waals surface area (Å²) in [5.74, 6) is -0.140. The van der Waals surface area contributed by atoms with Crippen LogP contribution in [0.1, 0.15) is 19.3 Å². The van der Waals surface area contributed by atoms with Crippen molar-refractivity contribution in [3.63, 3.8) is 0 Å². The molecule has 1 heterocycles. The number of hydrogen-bond donors (Lipinski definition) is 1. The molecule has 0 bridgehead atoms. The normalized spacial score (nSPS) is 23.8. The second-order valence-electron chi connectivity index (χ2n) is 2.80. The minimum atomic E-state index is -0.140. The average molecular weight is 174 g/mol. The Balaban J connectivity index is 2.10. The van der Waals surface area contributed by atoms with Crippen molar-refractivity contribution in [2.45, 2.75) is 25.4 Å². The Bertz CT molecular complexity index is 146. The predicted octanol–water partition coefficient (Wildman–Crippen LogP) is 0.0910. The number of carbonyl (C=O) groups is 1. The van der Waals surface area contributed by atoms with E-state index < -0.39 is 0 Å². The van der Waals surface area contributed by atoms with E-state index in [-0.39, 0.29) is 18.7 Å². The van der Waals surface area contributed by atoms with E-state index in [1.165, 1.54) is 0 Å². The number of ether oxygens (including phenoxy) is 2. The predicted molar refractivity (Wildman–Crippen MR) is 41.6 cm³/mol. The summed E-state index contributed by atoms with van der Waals surface area (Å²) in [4.78, 5) is 10.8. The average Bonchev–Trinajstić information content (AvgIpc) is 2.05. The first kappa shape index (κ1) is 9.48. The Morgan fingerprint density at radius 1 is 1.67 bits per heavy atom. The van der Waals surface area contributed by atoms with Crippen molar-refractivity contribution in [2.75, 3.05) is 19.8 Å². The van der Waals surface area contributed by atoms with Crippen LogP contribution in [0.25, 0.3) is 0 Å². The van der Waals surface area contributed by atoms with E-state index in [0.29, 0.717) is 19.6 Å². The number of cyclic esters (lactones) is 1. The number of aliphatic hydroxyl groups is 1. The molecule has 12 heavy (non-hydrogen) atoms. The van der Waals surface area contributed by atoms with E-state index in [2.05, 4.69) is 0 Å². The third-order valence-corrected chi connectivity index (χ3v) is 1.74. The molecule has 4 nitrogen and oxygen atoms in total. The molecule has 1 unspecified atom stereocenters. The zero-order chi connectivity index (χ0) is 8.81. The Morgan fingerprint density at radius 2 is 2.50 bits per heavy atom. The molecule has 1 rings (SSSR count). The fourth-order valence-electron chi connectivity index (χ4n) is 1.17. The molecule has 1 saturated heterocycles. The molecule has 1 N–H and O–H groups in total. The molecule has 70 valence electrons. The van der Waals surface area contributed by atoms with Gasteiger partial charge in [0.25, 0.3) is 0 Å². The van der Waals surface area contributed by atoms with Crippen molar-refractivity contribution >= 4 is 5.97 Å². The molecule has 1 atom stereocenters. The van der Waals surface area contributed by atoms with Crippen LogP contribution in [-0.4, -0.2) is 37.0 Å². The zero-order valence-electron chi connectivity index (χ0n) is 6.99. The monoisotopic (exact) mass is 174 g/mol. The molecular weight excluding hydrogens is 160 g/mol. The summed E-state index contributed by atoms with van der Waals surface area (Å²) in [7, 11) is 0. The van der Waals surface area contributed by atoms with Gasteiger partial charge in [0.15, 0.2) is 0 Å². The van der Waals surface area contributed by atoms with Gasteiger partial charge in [-0.25, -0.2) is 0 Å². The summed E-state index contributed by atoms with van der Waals surface area (Å²) >= 11 is 0. The van der Waals surface area contributed by atoms with Crippen LogP contribution in [-0.2, 0) is 14.3 Å². The number of rotatable bonds is 4. The van der Waals surface area contributed by atoms with Gasteiger partial charge in [0.1, 0.15) is 6.10 Å². The highest BCUT2D eigenvalue weighted by Gasteiger charge is 2.19. The van der Waals surface area contributed by atoms with Crippen LogP contribution in [0.3, 0.4) is 0 Å². The van der Waals surface area contributed by atoms with Gasteiger partial charge >= 0.3 is 5.97 Å². The van der Waals surface area contributed by atoms with Gasteiger partial charge in [0, 0.05) is 6.42 Å². The van der Waals surface area contributed by atoms with Gasteiger partial charge in [-0.2, -0.15) is 0 Å². The maximum Gasteiger partial charge on any atom is 0.306 e. The fraction of sp³-hybridized carbons (Fsp3) is 0.875. The van der Waals surface area contributed by atoms with Gasteiger partial charge in [-0.05, 0) is 12.8 Å². The van der Waals surface area contributed by atoms with Gasteiger partial charge in [0.05, 0.1) is 19.8 Å². The standard InChI is InChI=1S/C8H14O4/c9-4-5-11-6-7-2-1-3-8(10)12-7/h7,9H,1-6H2. The Kier molecular flexibility index (Phi) is 4.04. The van der Waals surface area contributed by atoms with E-state index in [0.717, 1.165) is 12.8 Å². The van der Waals surface area contributed by atoms with Crippen molar-refractivity contribution in [2.24, 2.45) is 0 Å². The van der Waals surface area contributed by atoms with E-state index in [4.69, 9.17) is 14.6 Å². The first-order valence-electron chi connectivity index (χ1n) is 4.21. The molecule has 0 spiro atoms. The lowest BCUT2D eigenvalue weighted by atomic mass is 10.1. The van der Waals surface area contributed by atoms with Crippen LogP contribution in [0.15, 0.2) is 0 Å². The molecule has 0 amide bonds. The molecule has 0 saturated carbocycles. The van der Waals surface area contributed by atoms with Gasteiger partial charge in [-0.3, -0.25) is 4.79 Å². The van der Waals surface area contributed by atoms with Gasteiger partial charge in [-0.1, -0.05) is 0 Å². The molecule has 0 radical (unpaired) electrons. The van der Waals surface area contributed by atoms with Crippen LogP contribution in [0, 0.1) is 0 Å². The molecule has 0 aromatic rings. The smallest absolute Gasteiger partial charge is 0.306 e. The maximum absolute atomic E-state index is 10.8. The quantitative estimate of drug-likeness (QED) is 0.485. The van der Waals surface area contributed by atoms with Crippen molar-refractivity contribution in [1.82, 2.24) is 0 Å². The first-order valence-corrected chi connectivity index (χ1v) is 4.21. The van der Waals surface area contributed by atoms with Crippen molar-refractivity contribution in [3.05, 3.63) is 0 Å². The second-order valence-corrected chi connectivity index (χ2v) is 2.80. The van der Waals surface area contributed by atoms with Crippen LogP contribution in [0.5, 0.6) is 0 Å². The van der Waals surface area contributed by atoms with E-state index in [1.807, 2.05) is 0 Å². The highest BCUT2D eigenvalue weighted by molar-refractivity contribution is 5.70. The largest absolute Gasteiger partial charge is 0.460 e. The first-order chi connectivity index (χ1) is 5.83. The molecule has 0 aromatic carbocycles. The van der Waals surface area contributed by atoms with Crippen LogP contribution in [0.2, 0.25) is 0 Å². The zero-order valence-corrected chi connectivity index (χ0v) is 6.99. The van der Waals surface area contributed by atoms with E-state index in [9.17, 15) is 4.79 Å². The summed E-state index contributed by atoms with van der Waals surface area (Å²) in [5.41, 5.74) is 0. The SMILES string of the molecule is O=C1CCCC(COCCO)O1. The Hall–Kier alpha value is -0.610. The summed E-state index contributed by atoms with van der Waals surface area (Å²) in [6, 6.07) is 0. The molecule has 0 aromatic heterocycles. The van der Waals surface area contributed by atoms with Gasteiger partial charge in [0.2, 0.25) is 0 Å². The molecule has 1 aliphatic heterocycles. The van der Waals surface area contributed by atoms with Gasteiger partial charge in [-0.15, -0.1) is 0 Å². The van der Waals surface area contributed by atoms with E-state index in [1.54, 1.807) is 0 Å². The minimum absolute atomic E-state index is 0.0146. The number of carbonyl (C=O) groups excluding carboxylic acids is 1. The third kappa shape index (κ3) is 3.19. The van der Waals surface area contributed by atoms with Crippen molar-refractivity contribution < 1.29 is 19.4 Å². The summed E-state index contributed by atoms with van der Waals surface area (Å²) in [6.45, 7) is 0.737. The molecule has 1 aliphatic rings. The fourth-order valence-corrected chi connectivity index (χ4v) is 1.17. The lowest BCUT2D eigenvalue weighted by Gasteiger charge is -2.21. The number of esters is 1. The lowest BCUT2D eigenvalue weighted by molar-refractivity contribution is -0.157. The van der Waals surface area contributed by atoms with E-state index >= 15 is 0 Å². The van der Waals surface area contributed by atoms with Crippen molar-refractivity contribution in [1.29, 1.82) is 0 Å². The highest BCUT2D eigenvalue weighted by Crippen LogP contribution is 2.13. The van der Waals surface area contributed by atoms with Crippen molar-refractivity contribution in [3.8, 4) is 0 Å². The summed E-state index contributed by atoms with van der Waals surface area (Å²) < 4.78 is 10.0. The van der Waals surface area contributed by atoms with Crippen LogP contribution in [0.4, 0.5) is 0 Å². The maximum atomic E-state index is 10.8. The molecular formula is C8H14O4. The van der Waals surface area contributed by atoms with Gasteiger partial charge < -0.3 is 14.6 Å². The summed E-state index contributed by atoms with van der Waals surface area (Å²) in [5, 5.41) is 8.41. The molecule has 0 aliphatic carbocycles. The molecule has 4 heteroatoms. The minimum Gasteiger partial charge on any atom is -0.460 e. The van der Waals surface area contributed by atoms with Crippen LogP contribution >= 0.6 is 0 Å². The summed E-state index contributed by atoms with van der Waals surface area (Å²) in [6.07, 6.45) is 2.18. The topological polar surface area (TPSA) is 55.8 Å². The highest BCUT2D eigenvalue weighted by atomic mass is 16.6. The Labute approximate surface area is 71.5 Å². The number of aliphatic hydroxyl groups excluding tert-OH is 1. The van der Waals surface area contributed by atoms with Crippen LogP contribution < -0.4 is 0 Å².